The molecule has 0 saturated carbocycles. The van der Waals surface area contributed by atoms with Crippen molar-refractivity contribution < 1.29 is 22.8 Å². The number of rotatable bonds is 6. The molecule has 2 aromatic rings. The lowest BCUT2D eigenvalue weighted by Crippen LogP contribution is -2.25. The van der Waals surface area contributed by atoms with E-state index in [1.807, 2.05) is 4.90 Å². The molecule has 0 spiro atoms. The molecular formula is C23H25F3N4O2. The first-order valence-corrected chi connectivity index (χ1v) is 10.7. The predicted octanol–water partition coefficient (Wildman–Crippen LogP) is 4.48. The summed E-state index contributed by atoms with van der Waals surface area (Å²) in [5, 5.41) is 5.61. The summed E-state index contributed by atoms with van der Waals surface area (Å²) in [4.78, 5) is 28.0. The summed E-state index contributed by atoms with van der Waals surface area (Å²) < 4.78 is 39.6. The minimum atomic E-state index is -4.46. The first-order chi connectivity index (χ1) is 15.3. The number of hydrogen-bond donors (Lipinski definition) is 2. The number of hydrogen-bond acceptors (Lipinski definition) is 4. The van der Waals surface area contributed by atoms with Gasteiger partial charge in [-0.05, 0) is 61.7 Å². The van der Waals surface area contributed by atoms with Gasteiger partial charge in [-0.1, -0.05) is 0 Å². The molecule has 2 amide bonds. The first kappa shape index (κ1) is 22.0. The van der Waals surface area contributed by atoms with E-state index in [1.54, 1.807) is 29.2 Å². The van der Waals surface area contributed by atoms with Crippen LogP contribution < -0.4 is 20.4 Å². The number of carbonyl (C=O) groups excluding carboxylic acids is 2. The van der Waals surface area contributed by atoms with E-state index in [1.165, 1.54) is 6.07 Å². The van der Waals surface area contributed by atoms with E-state index < -0.39 is 11.7 Å². The Hall–Kier alpha value is -3.23. The van der Waals surface area contributed by atoms with Crippen molar-refractivity contribution in [1.29, 1.82) is 0 Å². The summed E-state index contributed by atoms with van der Waals surface area (Å²) in [5.41, 5.74) is 1.54. The molecule has 0 aromatic heterocycles. The molecule has 0 bridgehead atoms. The SMILES string of the molecule is O=C(CNc1cc(C(F)(F)F)ccc1N1CCCC1)Nc1ccc(N2CCCC2=O)cc1. The van der Waals surface area contributed by atoms with Gasteiger partial charge in [0.05, 0.1) is 23.5 Å². The third-order valence-corrected chi connectivity index (χ3v) is 5.75. The van der Waals surface area contributed by atoms with E-state index in [2.05, 4.69) is 10.6 Å². The Labute approximate surface area is 184 Å². The molecule has 6 nitrogen and oxygen atoms in total. The maximum atomic E-state index is 13.2. The van der Waals surface area contributed by atoms with Crippen molar-refractivity contribution in [2.45, 2.75) is 31.9 Å². The summed E-state index contributed by atoms with van der Waals surface area (Å²) in [6, 6.07) is 10.5. The van der Waals surface area contributed by atoms with Crippen molar-refractivity contribution >= 4 is 34.6 Å². The molecular weight excluding hydrogens is 421 g/mol. The smallest absolute Gasteiger partial charge is 0.374 e. The van der Waals surface area contributed by atoms with Crippen molar-refractivity contribution in [2.75, 3.05) is 46.6 Å². The highest BCUT2D eigenvalue weighted by molar-refractivity contribution is 5.97. The van der Waals surface area contributed by atoms with Crippen LogP contribution in [0.2, 0.25) is 0 Å². The van der Waals surface area contributed by atoms with Crippen molar-refractivity contribution in [3.05, 3.63) is 48.0 Å². The minimum Gasteiger partial charge on any atom is -0.374 e. The van der Waals surface area contributed by atoms with Crippen LogP contribution in [0.3, 0.4) is 0 Å². The summed E-state index contributed by atoms with van der Waals surface area (Å²) in [6.45, 7) is 2.07. The van der Waals surface area contributed by atoms with Crippen LogP contribution in [-0.4, -0.2) is 38.0 Å². The number of benzene rings is 2. The molecule has 2 fully saturated rings. The van der Waals surface area contributed by atoms with Crippen LogP contribution in [0.25, 0.3) is 0 Å². The van der Waals surface area contributed by atoms with Gasteiger partial charge in [-0.25, -0.2) is 0 Å². The molecule has 0 radical (unpaired) electrons. The van der Waals surface area contributed by atoms with Crippen LogP contribution in [0.15, 0.2) is 42.5 Å². The number of amides is 2. The fraction of sp³-hybridized carbons (Fsp3) is 0.391. The molecule has 0 unspecified atom stereocenters. The van der Waals surface area contributed by atoms with Crippen LogP contribution in [0.4, 0.5) is 35.9 Å². The molecule has 2 aliphatic rings. The zero-order chi connectivity index (χ0) is 22.7. The van der Waals surface area contributed by atoms with Gasteiger partial charge in [-0.3, -0.25) is 9.59 Å². The first-order valence-electron chi connectivity index (χ1n) is 10.7. The number of alkyl halides is 3. The van der Waals surface area contributed by atoms with Crippen molar-refractivity contribution in [2.24, 2.45) is 0 Å². The van der Waals surface area contributed by atoms with E-state index >= 15 is 0 Å². The molecule has 32 heavy (non-hydrogen) atoms. The normalized spacial score (nSPS) is 16.5. The number of nitrogens with zero attached hydrogens (tertiary/aromatic N) is 2. The Kier molecular flexibility index (Phi) is 6.25. The van der Waals surface area contributed by atoms with Crippen LogP contribution in [0, 0.1) is 0 Å². The lowest BCUT2D eigenvalue weighted by atomic mass is 10.1. The molecule has 2 aliphatic heterocycles. The van der Waals surface area contributed by atoms with E-state index in [0.29, 0.717) is 30.0 Å². The van der Waals surface area contributed by atoms with Gasteiger partial charge in [0, 0.05) is 37.4 Å². The van der Waals surface area contributed by atoms with Gasteiger partial charge in [0.2, 0.25) is 11.8 Å². The Morgan fingerprint density at radius 3 is 2.31 bits per heavy atom. The second kappa shape index (κ2) is 9.10. The van der Waals surface area contributed by atoms with Crippen LogP contribution in [0.5, 0.6) is 0 Å². The zero-order valence-electron chi connectivity index (χ0n) is 17.5. The van der Waals surface area contributed by atoms with E-state index in [0.717, 1.165) is 50.2 Å². The molecule has 2 aromatic carbocycles. The standard InChI is InChI=1S/C23H25F3N4O2/c24-23(25,26)16-5-10-20(29-11-1-2-12-29)19(14-16)27-15-21(31)28-17-6-8-18(9-7-17)30-13-3-4-22(30)32/h5-10,14,27H,1-4,11-13,15H2,(H,28,31). The van der Waals surface area contributed by atoms with Crippen molar-refractivity contribution in [3.8, 4) is 0 Å². The molecule has 4 rings (SSSR count). The van der Waals surface area contributed by atoms with Crippen LogP contribution in [-0.2, 0) is 15.8 Å². The van der Waals surface area contributed by atoms with Crippen LogP contribution >= 0.6 is 0 Å². The average molecular weight is 446 g/mol. The highest BCUT2D eigenvalue weighted by Gasteiger charge is 2.31. The van der Waals surface area contributed by atoms with Gasteiger partial charge in [-0.2, -0.15) is 13.2 Å². The lowest BCUT2D eigenvalue weighted by Gasteiger charge is -2.23. The number of carbonyl (C=O) groups is 2. The average Bonchev–Trinajstić information content (AvgIpc) is 3.44. The summed E-state index contributed by atoms with van der Waals surface area (Å²) in [7, 11) is 0. The summed E-state index contributed by atoms with van der Waals surface area (Å²) in [5.74, 6) is -0.291. The fourth-order valence-electron chi connectivity index (χ4n) is 4.11. The quantitative estimate of drug-likeness (QED) is 0.687. The van der Waals surface area contributed by atoms with E-state index in [4.69, 9.17) is 0 Å². The maximum absolute atomic E-state index is 13.2. The Morgan fingerprint density at radius 2 is 1.69 bits per heavy atom. The maximum Gasteiger partial charge on any atom is 0.416 e. The van der Waals surface area contributed by atoms with Gasteiger partial charge in [-0.15, -0.1) is 0 Å². The number of halogens is 3. The molecule has 0 aliphatic carbocycles. The zero-order valence-corrected chi connectivity index (χ0v) is 17.5. The van der Waals surface area contributed by atoms with Gasteiger partial charge in [0.15, 0.2) is 0 Å². The van der Waals surface area contributed by atoms with Gasteiger partial charge in [0.25, 0.3) is 0 Å². The minimum absolute atomic E-state index is 0.0841. The Morgan fingerprint density at radius 1 is 0.969 bits per heavy atom. The number of anilines is 4. The molecule has 170 valence electrons. The highest BCUT2D eigenvalue weighted by atomic mass is 19.4. The second-order valence-corrected chi connectivity index (χ2v) is 8.02. The predicted molar refractivity (Wildman–Crippen MR) is 118 cm³/mol. The van der Waals surface area contributed by atoms with Crippen molar-refractivity contribution in [1.82, 2.24) is 0 Å². The van der Waals surface area contributed by atoms with Gasteiger partial charge < -0.3 is 20.4 Å². The number of nitrogens with one attached hydrogen (secondary N) is 2. The Bertz CT molecular complexity index is 986. The summed E-state index contributed by atoms with van der Waals surface area (Å²) >= 11 is 0. The van der Waals surface area contributed by atoms with E-state index in [9.17, 15) is 22.8 Å². The summed E-state index contributed by atoms with van der Waals surface area (Å²) in [6.07, 6.45) is -1.11. The Balaban J connectivity index is 1.41. The lowest BCUT2D eigenvalue weighted by molar-refractivity contribution is -0.137. The van der Waals surface area contributed by atoms with Crippen molar-refractivity contribution in [3.63, 3.8) is 0 Å². The molecule has 2 N–H and O–H groups in total. The topological polar surface area (TPSA) is 64.7 Å². The monoisotopic (exact) mass is 446 g/mol. The third kappa shape index (κ3) is 4.98. The molecule has 2 heterocycles. The van der Waals surface area contributed by atoms with E-state index in [-0.39, 0.29) is 18.4 Å². The van der Waals surface area contributed by atoms with Crippen LogP contribution in [0.1, 0.15) is 31.2 Å². The highest BCUT2D eigenvalue weighted by Crippen LogP contribution is 2.36. The van der Waals surface area contributed by atoms with Gasteiger partial charge in [0.1, 0.15) is 0 Å². The molecule has 0 atom stereocenters. The fourth-order valence-corrected chi connectivity index (χ4v) is 4.11. The third-order valence-electron chi connectivity index (χ3n) is 5.75. The second-order valence-electron chi connectivity index (χ2n) is 8.02. The molecule has 2 saturated heterocycles. The van der Waals surface area contributed by atoms with Gasteiger partial charge >= 0.3 is 6.18 Å². The molecule has 9 heteroatoms. The largest absolute Gasteiger partial charge is 0.416 e.